The van der Waals surface area contributed by atoms with Crippen LogP contribution in [-0.2, 0) is 0 Å². The number of rotatable bonds is 4. The van der Waals surface area contributed by atoms with Crippen LogP contribution in [0.5, 0.6) is 0 Å². The minimum atomic E-state index is -0.197. The van der Waals surface area contributed by atoms with Crippen molar-refractivity contribution in [1.82, 2.24) is 10.3 Å². The zero-order valence-electron chi connectivity index (χ0n) is 10.8. The molecule has 1 amide bonds. The molecule has 0 aliphatic carbocycles. The highest BCUT2D eigenvalue weighted by atomic mass is 32.1. The molecule has 0 aliphatic rings. The summed E-state index contributed by atoms with van der Waals surface area (Å²) in [5.41, 5.74) is 1.82. The number of nitrogens with one attached hydrogen (secondary N) is 2. The van der Waals surface area contributed by atoms with E-state index in [9.17, 15) is 4.79 Å². The van der Waals surface area contributed by atoms with Gasteiger partial charge >= 0.3 is 0 Å². The lowest BCUT2D eigenvalue weighted by molar-refractivity contribution is 0.0916. The third-order valence-corrected chi connectivity index (χ3v) is 3.37. The SMILES string of the molecule is CC(CO)C(C)NC(=O)c1ccc2[nH]c(=S)oc2c1. The Labute approximate surface area is 115 Å². The number of amides is 1. The van der Waals surface area contributed by atoms with Crippen molar-refractivity contribution in [1.29, 1.82) is 0 Å². The zero-order chi connectivity index (χ0) is 14.0. The summed E-state index contributed by atoms with van der Waals surface area (Å²) in [6.45, 7) is 3.77. The van der Waals surface area contributed by atoms with Gasteiger partial charge in [-0.1, -0.05) is 6.92 Å². The minimum Gasteiger partial charge on any atom is -0.429 e. The average Bonchev–Trinajstić information content (AvgIpc) is 2.76. The Kier molecular flexibility index (Phi) is 4.01. The predicted molar refractivity (Wildman–Crippen MR) is 74.6 cm³/mol. The van der Waals surface area contributed by atoms with Gasteiger partial charge in [0.2, 0.25) is 0 Å². The van der Waals surface area contributed by atoms with Crippen LogP contribution < -0.4 is 5.32 Å². The molecule has 0 saturated carbocycles. The normalized spacial score (nSPS) is 14.3. The molecule has 1 aromatic carbocycles. The first-order chi connectivity index (χ1) is 9.01. The molecular weight excluding hydrogens is 264 g/mol. The van der Waals surface area contributed by atoms with E-state index in [1.54, 1.807) is 18.2 Å². The van der Waals surface area contributed by atoms with E-state index in [-0.39, 0.29) is 29.3 Å². The summed E-state index contributed by atoms with van der Waals surface area (Å²) in [6, 6.07) is 5.00. The van der Waals surface area contributed by atoms with Crippen molar-refractivity contribution in [3.63, 3.8) is 0 Å². The van der Waals surface area contributed by atoms with E-state index < -0.39 is 0 Å². The Hall–Kier alpha value is -1.66. The van der Waals surface area contributed by atoms with Gasteiger partial charge in [0.15, 0.2) is 5.58 Å². The van der Waals surface area contributed by atoms with E-state index in [4.69, 9.17) is 21.7 Å². The van der Waals surface area contributed by atoms with Crippen molar-refractivity contribution in [2.75, 3.05) is 6.61 Å². The van der Waals surface area contributed by atoms with Crippen LogP contribution >= 0.6 is 12.2 Å². The summed E-state index contributed by atoms with van der Waals surface area (Å²) >= 11 is 4.89. The number of aromatic amines is 1. The minimum absolute atomic E-state index is 0.00358. The Morgan fingerprint density at radius 1 is 1.53 bits per heavy atom. The quantitative estimate of drug-likeness (QED) is 0.750. The van der Waals surface area contributed by atoms with Crippen LogP contribution in [-0.4, -0.2) is 28.6 Å². The van der Waals surface area contributed by atoms with Crippen molar-refractivity contribution in [3.05, 3.63) is 28.6 Å². The number of H-pyrrole nitrogens is 1. The molecule has 6 heteroatoms. The van der Waals surface area contributed by atoms with E-state index in [1.165, 1.54) is 0 Å². The highest BCUT2D eigenvalue weighted by Crippen LogP contribution is 2.15. The third kappa shape index (κ3) is 3.02. The van der Waals surface area contributed by atoms with Gasteiger partial charge < -0.3 is 19.8 Å². The number of carbonyl (C=O) groups excluding carboxylic acids is 1. The van der Waals surface area contributed by atoms with E-state index >= 15 is 0 Å². The second-order valence-electron chi connectivity index (χ2n) is 4.65. The summed E-state index contributed by atoms with van der Waals surface area (Å²) in [4.78, 5) is 15.2. The zero-order valence-corrected chi connectivity index (χ0v) is 11.6. The lowest BCUT2D eigenvalue weighted by Gasteiger charge is -2.19. The van der Waals surface area contributed by atoms with Crippen LogP contribution in [0.3, 0.4) is 0 Å². The molecule has 2 rings (SSSR count). The molecule has 0 spiro atoms. The number of hydrogen-bond donors (Lipinski definition) is 3. The van der Waals surface area contributed by atoms with Crippen molar-refractivity contribution in [2.45, 2.75) is 19.9 Å². The van der Waals surface area contributed by atoms with Gasteiger partial charge in [-0.2, -0.15) is 0 Å². The van der Waals surface area contributed by atoms with Gasteiger partial charge in [0.05, 0.1) is 5.52 Å². The van der Waals surface area contributed by atoms with E-state index in [0.717, 1.165) is 5.52 Å². The molecule has 1 aromatic heterocycles. The Balaban J connectivity index is 2.19. The number of benzene rings is 1. The van der Waals surface area contributed by atoms with Gasteiger partial charge in [0.25, 0.3) is 10.7 Å². The van der Waals surface area contributed by atoms with Crippen LogP contribution in [0.25, 0.3) is 11.1 Å². The first-order valence-electron chi connectivity index (χ1n) is 6.06. The summed E-state index contributed by atoms with van der Waals surface area (Å²) in [5.74, 6) is -0.194. The molecule has 0 bridgehead atoms. The summed E-state index contributed by atoms with van der Waals surface area (Å²) in [6.07, 6.45) is 0. The van der Waals surface area contributed by atoms with Crippen molar-refractivity contribution in [3.8, 4) is 0 Å². The van der Waals surface area contributed by atoms with Gasteiger partial charge in [-0.05, 0) is 43.3 Å². The fraction of sp³-hybridized carbons (Fsp3) is 0.385. The average molecular weight is 280 g/mol. The molecule has 102 valence electrons. The summed E-state index contributed by atoms with van der Waals surface area (Å²) in [7, 11) is 0. The summed E-state index contributed by atoms with van der Waals surface area (Å²) in [5, 5.41) is 11.9. The number of oxazole rings is 1. The monoisotopic (exact) mass is 280 g/mol. The number of aliphatic hydroxyl groups is 1. The lowest BCUT2D eigenvalue weighted by Crippen LogP contribution is -2.38. The predicted octanol–water partition coefficient (Wildman–Crippen LogP) is 2.24. The molecule has 2 aromatic rings. The Morgan fingerprint density at radius 2 is 2.26 bits per heavy atom. The van der Waals surface area contributed by atoms with Crippen LogP contribution in [0.4, 0.5) is 0 Å². The Bertz CT molecular complexity index is 647. The smallest absolute Gasteiger partial charge is 0.266 e. The maximum absolute atomic E-state index is 12.1. The van der Waals surface area contributed by atoms with Gasteiger partial charge in [0.1, 0.15) is 0 Å². The van der Waals surface area contributed by atoms with Gasteiger partial charge in [-0.15, -0.1) is 0 Å². The van der Waals surface area contributed by atoms with Gasteiger partial charge in [0, 0.05) is 18.2 Å². The highest BCUT2D eigenvalue weighted by molar-refractivity contribution is 7.71. The number of aliphatic hydroxyl groups excluding tert-OH is 1. The van der Waals surface area contributed by atoms with Crippen molar-refractivity contribution >= 4 is 29.2 Å². The number of carbonyl (C=O) groups is 1. The second-order valence-corrected chi connectivity index (χ2v) is 5.02. The summed E-state index contributed by atoms with van der Waals surface area (Å²) < 4.78 is 5.27. The molecule has 0 saturated heterocycles. The molecule has 0 fully saturated rings. The highest BCUT2D eigenvalue weighted by Gasteiger charge is 2.15. The van der Waals surface area contributed by atoms with Crippen molar-refractivity contribution in [2.24, 2.45) is 5.92 Å². The van der Waals surface area contributed by atoms with E-state index in [1.807, 2.05) is 13.8 Å². The topological polar surface area (TPSA) is 78.3 Å². The van der Waals surface area contributed by atoms with E-state index in [2.05, 4.69) is 10.3 Å². The van der Waals surface area contributed by atoms with Crippen LogP contribution in [0.1, 0.15) is 24.2 Å². The first kappa shape index (κ1) is 13.8. The maximum atomic E-state index is 12.1. The largest absolute Gasteiger partial charge is 0.429 e. The molecule has 0 radical (unpaired) electrons. The molecule has 0 aliphatic heterocycles. The van der Waals surface area contributed by atoms with Crippen molar-refractivity contribution < 1.29 is 14.3 Å². The van der Waals surface area contributed by atoms with Gasteiger partial charge in [-0.25, -0.2) is 0 Å². The standard InChI is InChI=1S/C13H16N2O3S/c1-7(6-16)8(2)14-12(17)9-3-4-10-11(5-9)18-13(19)15-10/h3-5,7-8,16H,6H2,1-2H3,(H,14,17)(H,15,19). The molecule has 19 heavy (non-hydrogen) atoms. The molecular formula is C13H16N2O3S. The van der Waals surface area contributed by atoms with E-state index in [0.29, 0.717) is 11.1 Å². The number of aromatic nitrogens is 1. The fourth-order valence-corrected chi connectivity index (χ4v) is 1.88. The maximum Gasteiger partial charge on any atom is 0.266 e. The van der Waals surface area contributed by atoms with Crippen LogP contribution in [0, 0.1) is 10.8 Å². The van der Waals surface area contributed by atoms with Crippen LogP contribution in [0.15, 0.2) is 22.6 Å². The third-order valence-electron chi connectivity index (χ3n) is 3.18. The van der Waals surface area contributed by atoms with Gasteiger partial charge in [-0.3, -0.25) is 4.79 Å². The number of hydrogen-bond acceptors (Lipinski definition) is 4. The molecule has 3 N–H and O–H groups in total. The molecule has 2 unspecified atom stereocenters. The molecule has 1 heterocycles. The molecule has 5 nitrogen and oxygen atoms in total. The fourth-order valence-electron chi connectivity index (χ4n) is 1.68. The lowest BCUT2D eigenvalue weighted by atomic mass is 10.0. The molecule has 2 atom stereocenters. The number of fused-ring (bicyclic) bond motifs is 1. The second kappa shape index (κ2) is 5.54. The first-order valence-corrected chi connectivity index (χ1v) is 6.46. The van der Waals surface area contributed by atoms with Crippen LogP contribution in [0.2, 0.25) is 0 Å². The Morgan fingerprint density at radius 3 is 2.95 bits per heavy atom.